The van der Waals surface area contributed by atoms with Gasteiger partial charge in [-0.05, 0) is 43.0 Å². The number of carbonyl (C=O) groups is 1. The number of nitrogens with one attached hydrogen (secondary N) is 2. The van der Waals surface area contributed by atoms with Crippen LogP contribution in [0.15, 0.2) is 30.9 Å². The fraction of sp³-hybridized carbons (Fsp3) is 0.357. The van der Waals surface area contributed by atoms with Crippen LogP contribution >= 0.6 is 0 Å². The highest BCUT2D eigenvalue weighted by Gasteiger charge is 2.12. The second kappa shape index (κ2) is 5.53. The maximum Gasteiger partial charge on any atom is 0.251 e. The molecule has 0 saturated heterocycles. The second-order valence-electron chi connectivity index (χ2n) is 4.24. The number of hydrogen-bond acceptors (Lipinski definition) is 2. The molecule has 1 aromatic carbocycles. The van der Waals surface area contributed by atoms with E-state index in [-0.39, 0.29) is 5.91 Å². The van der Waals surface area contributed by atoms with Crippen LogP contribution in [0.3, 0.4) is 0 Å². The van der Waals surface area contributed by atoms with Crippen molar-refractivity contribution in [2.45, 2.75) is 19.3 Å². The molecule has 0 saturated carbocycles. The minimum atomic E-state index is 0.0174. The molecule has 1 aromatic rings. The number of rotatable bonds is 5. The molecule has 3 nitrogen and oxygen atoms in total. The SMILES string of the molecule is C=CCCCNC(=O)c1ccc2c(c1)CCN2. The van der Waals surface area contributed by atoms with Crippen LogP contribution in [0.2, 0.25) is 0 Å². The fourth-order valence-electron chi connectivity index (χ4n) is 2.00. The van der Waals surface area contributed by atoms with Crippen LogP contribution in [-0.2, 0) is 6.42 Å². The molecule has 0 spiro atoms. The monoisotopic (exact) mass is 230 g/mol. The zero-order valence-electron chi connectivity index (χ0n) is 9.96. The quantitative estimate of drug-likeness (QED) is 0.602. The molecule has 0 unspecified atom stereocenters. The maximum absolute atomic E-state index is 11.9. The molecule has 0 aliphatic carbocycles. The van der Waals surface area contributed by atoms with E-state index in [0.717, 1.165) is 37.1 Å². The molecule has 1 heterocycles. The zero-order chi connectivity index (χ0) is 12.1. The molecule has 3 heteroatoms. The normalized spacial score (nSPS) is 12.7. The maximum atomic E-state index is 11.9. The van der Waals surface area contributed by atoms with Gasteiger partial charge in [-0.2, -0.15) is 0 Å². The Labute approximate surface area is 102 Å². The number of anilines is 1. The van der Waals surface area contributed by atoms with Gasteiger partial charge in [-0.15, -0.1) is 6.58 Å². The number of unbranched alkanes of at least 4 members (excludes halogenated alkanes) is 1. The van der Waals surface area contributed by atoms with Crippen molar-refractivity contribution < 1.29 is 4.79 Å². The highest BCUT2D eigenvalue weighted by Crippen LogP contribution is 2.22. The number of hydrogen-bond donors (Lipinski definition) is 2. The van der Waals surface area contributed by atoms with Gasteiger partial charge < -0.3 is 10.6 Å². The van der Waals surface area contributed by atoms with Crippen molar-refractivity contribution in [3.8, 4) is 0 Å². The number of amides is 1. The molecule has 1 amide bonds. The lowest BCUT2D eigenvalue weighted by Crippen LogP contribution is -2.24. The minimum absolute atomic E-state index is 0.0174. The van der Waals surface area contributed by atoms with Crippen molar-refractivity contribution in [3.05, 3.63) is 42.0 Å². The summed E-state index contributed by atoms with van der Waals surface area (Å²) in [6.45, 7) is 5.34. The summed E-state index contributed by atoms with van der Waals surface area (Å²) >= 11 is 0. The average Bonchev–Trinajstić information content (AvgIpc) is 2.81. The third-order valence-electron chi connectivity index (χ3n) is 2.95. The Kier molecular flexibility index (Phi) is 3.81. The smallest absolute Gasteiger partial charge is 0.251 e. The summed E-state index contributed by atoms with van der Waals surface area (Å²) in [6, 6.07) is 5.85. The highest BCUT2D eigenvalue weighted by atomic mass is 16.1. The van der Waals surface area contributed by atoms with E-state index < -0.39 is 0 Å². The van der Waals surface area contributed by atoms with Crippen LogP contribution in [0.5, 0.6) is 0 Å². The van der Waals surface area contributed by atoms with E-state index in [9.17, 15) is 4.79 Å². The Bertz CT molecular complexity index is 426. The van der Waals surface area contributed by atoms with Gasteiger partial charge in [0.25, 0.3) is 5.91 Å². The molecule has 0 atom stereocenters. The third kappa shape index (κ3) is 2.87. The first-order chi connectivity index (χ1) is 8.31. The molecule has 17 heavy (non-hydrogen) atoms. The van der Waals surface area contributed by atoms with Gasteiger partial charge in [0.2, 0.25) is 0 Å². The van der Waals surface area contributed by atoms with Gasteiger partial charge in [-0.25, -0.2) is 0 Å². The van der Waals surface area contributed by atoms with Crippen LogP contribution in [-0.4, -0.2) is 19.0 Å². The molecule has 1 aliphatic rings. The lowest BCUT2D eigenvalue weighted by Gasteiger charge is -2.06. The van der Waals surface area contributed by atoms with Crippen molar-refractivity contribution >= 4 is 11.6 Å². The number of allylic oxidation sites excluding steroid dienone is 1. The lowest BCUT2D eigenvalue weighted by atomic mass is 10.1. The van der Waals surface area contributed by atoms with Gasteiger partial charge >= 0.3 is 0 Å². The Morgan fingerprint density at radius 2 is 2.41 bits per heavy atom. The second-order valence-corrected chi connectivity index (χ2v) is 4.24. The summed E-state index contributed by atoms with van der Waals surface area (Å²) < 4.78 is 0. The van der Waals surface area contributed by atoms with E-state index in [1.165, 1.54) is 5.56 Å². The van der Waals surface area contributed by atoms with E-state index in [1.54, 1.807) is 0 Å². The van der Waals surface area contributed by atoms with Crippen LogP contribution in [0, 0.1) is 0 Å². The predicted molar refractivity (Wildman–Crippen MR) is 70.4 cm³/mol. The van der Waals surface area contributed by atoms with Crippen molar-refractivity contribution in [1.82, 2.24) is 5.32 Å². The van der Waals surface area contributed by atoms with Crippen LogP contribution in [0.1, 0.15) is 28.8 Å². The van der Waals surface area contributed by atoms with Gasteiger partial charge in [-0.3, -0.25) is 4.79 Å². The Hall–Kier alpha value is -1.77. The van der Waals surface area contributed by atoms with E-state index in [4.69, 9.17) is 0 Å². The summed E-state index contributed by atoms with van der Waals surface area (Å²) in [6.07, 6.45) is 4.76. The fourth-order valence-corrected chi connectivity index (χ4v) is 2.00. The third-order valence-corrected chi connectivity index (χ3v) is 2.95. The largest absolute Gasteiger partial charge is 0.384 e. The molecule has 2 rings (SSSR count). The van der Waals surface area contributed by atoms with E-state index >= 15 is 0 Å². The van der Waals surface area contributed by atoms with Gasteiger partial charge in [0.15, 0.2) is 0 Å². The molecule has 90 valence electrons. The summed E-state index contributed by atoms with van der Waals surface area (Å²) in [4.78, 5) is 11.9. The first-order valence-electron chi connectivity index (χ1n) is 6.07. The molecule has 1 aliphatic heterocycles. The zero-order valence-corrected chi connectivity index (χ0v) is 9.96. The first kappa shape index (κ1) is 11.7. The Balaban J connectivity index is 1.93. The molecular formula is C14H18N2O. The van der Waals surface area contributed by atoms with Crippen LogP contribution in [0.4, 0.5) is 5.69 Å². The van der Waals surface area contributed by atoms with Gasteiger partial charge in [-0.1, -0.05) is 6.08 Å². The number of benzene rings is 1. The topological polar surface area (TPSA) is 41.1 Å². The van der Waals surface area contributed by atoms with Gasteiger partial charge in [0.1, 0.15) is 0 Å². The number of fused-ring (bicyclic) bond motifs is 1. The lowest BCUT2D eigenvalue weighted by molar-refractivity contribution is 0.0953. The Morgan fingerprint density at radius 3 is 3.24 bits per heavy atom. The van der Waals surface area contributed by atoms with Crippen LogP contribution < -0.4 is 10.6 Å². The molecule has 0 bridgehead atoms. The predicted octanol–water partition coefficient (Wildman–Crippen LogP) is 2.35. The van der Waals surface area contributed by atoms with Gasteiger partial charge in [0.05, 0.1) is 0 Å². The summed E-state index contributed by atoms with van der Waals surface area (Å²) in [5.41, 5.74) is 3.16. The van der Waals surface area contributed by atoms with E-state index in [0.29, 0.717) is 6.54 Å². The number of carbonyl (C=O) groups excluding carboxylic acids is 1. The van der Waals surface area contributed by atoms with Crippen molar-refractivity contribution in [2.24, 2.45) is 0 Å². The van der Waals surface area contributed by atoms with E-state index in [2.05, 4.69) is 17.2 Å². The van der Waals surface area contributed by atoms with Crippen molar-refractivity contribution in [1.29, 1.82) is 0 Å². The molecule has 2 N–H and O–H groups in total. The summed E-state index contributed by atoms with van der Waals surface area (Å²) in [5.74, 6) is 0.0174. The average molecular weight is 230 g/mol. The highest BCUT2D eigenvalue weighted by molar-refractivity contribution is 5.95. The van der Waals surface area contributed by atoms with E-state index in [1.807, 2.05) is 24.3 Å². The first-order valence-corrected chi connectivity index (χ1v) is 6.07. The Morgan fingerprint density at radius 1 is 1.53 bits per heavy atom. The van der Waals surface area contributed by atoms with Crippen molar-refractivity contribution in [3.63, 3.8) is 0 Å². The van der Waals surface area contributed by atoms with Gasteiger partial charge in [0, 0.05) is 24.3 Å². The molecular weight excluding hydrogens is 212 g/mol. The summed E-state index contributed by atoms with van der Waals surface area (Å²) in [5, 5.41) is 6.20. The minimum Gasteiger partial charge on any atom is -0.384 e. The molecule has 0 aromatic heterocycles. The summed E-state index contributed by atoms with van der Waals surface area (Å²) in [7, 11) is 0. The standard InChI is InChI=1S/C14H18N2O/c1-2-3-4-8-16-14(17)12-5-6-13-11(10-12)7-9-15-13/h2,5-6,10,15H,1,3-4,7-9H2,(H,16,17). The van der Waals surface area contributed by atoms with Crippen LogP contribution in [0.25, 0.3) is 0 Å². The molecule has 0 radical (unpaired) electrons. The molecule has 0 fully saturated rings. The van der Waals surface area contributed by atoms with Crippen molar-refractivity contribution in [2.75, 3.05) is 18.4 Å².